The Labute approximate surface area is 107 Å². The summed E-state index contributed by atoms with van der Waals surface area (Å²) in [6.07, 6.45) is 0.859. The summed E-state index contributed by atoms with van der Waals surface area (Å²) in [5, 5.41) is 0. The molecular weight excluding hydrogens is 210 g/mol. The highest BCUT2D eigenvalue weighted by atomic mass is 16.1. The van der Waals surface area contributed by atoms with Crippen molar-refractivity contribution in [1.82, 2.24) is 0 Å². The van der Waals surface area contributed by atoms with E-state index in [-0.39, 0.29) is 16.7 Å². The zero-order valence-corrected chi connectivity index (χ0v) is 13.1. The van der Waals surface area contributed by atoms with Gasteiger partial charge in [0.05, 0.1) is 0 Å². The molecule has 0 aliphatic carbocycles. The normalized spacial score (nSPS) is 15.0. The molecule has 0 spiro atoms. The number of hydrogen-bond acceptors (Lipinski definition) is 1. The summed E-state index contributed by atoms with van der Waals surface area (Å²) >= 11 is 0. The SMILES string of the molecule is CC(C)(C)C/C(=N/C(=O)C(C)(C)C)C(C)(C)C. The molecule has 17 heavy (non-hydrogen) atoms. The van der Waals surface area contributed by atoms with Crippen LogP contribution < -0.4 is 0 Å². The highest BCUT2D eigenvalue weighted by molar-refractivity contribution is 6.00. The van der Waals surface area contributed by atoms with Crippen LogP contribution in [0.25, 0.3) is 0 Å². The Morgan fingerprint density at radius 1 is 0.824 bits per heavy atom. The fraction of sp³-hybridized carbons (Fsp3) is 0.867. The molecule has 0 aromatic heterocycles. The van der Waals surface area contributed by atoms with Crippen molar-refractivity contribution in [3.63, 3.8) is 0 Å². The van der Waals surface area contributed by atoms with Crippen LogP contribution in [0.2, 0.25) is 0 Å². The van der Waals surface area contributed by atoms with Crippen LogP contribution in [0, 0.1) is 16.2 Å². The summed E-state index contributed by atoms with van der Waals surface area (Å²) < 4.78 is 0. The van der Waals surface area contributed by atoms with E-state index < -0.39 is 5.41 Å². The summed E-state index contributed by atoms with van der Waals surface area (Å²) in [5.41, 5.74) is 0.720. The van der Waals surface area contributed by atoms with Gasteiger partial charge in [-0.1, -0.05) is 62.3 Å². The summed E-state index contributed by atoms with van der Waals surface area (Å²) in [6, 6.07) is 0. The number of carbonyl (C=O) groups excluding carboxylic acids is 1. The average Bonchev–Trinajstić information content (AvgIpc) is 1.96. The van der Waals surface area contributed by atoms with Crippen LogP contribution >= 0.6 is 0 Å². The lowest BCUT2D eigenvalue weighted by Crippen LogP contribution is -2.29. The Morgan fingerprint density at radius 2 is 1.24 bits per heavy atom. The van der Waals surface area contributed by atoms with E-state index in [4.69, 9.17) is 0 Å². The summed E-state index contributed by atoms with van der Waals surface area (Å²) in [6.45, 7) is 18.6. The zero-order valence-electron chi connectivity index (χ0n) is 13.1. The maximum atomic E-state index is 12.0. The molecule has 1 amide bonds. The molecule has 0 atom stereocenters. The molecule has 0 radical (unpaired) electrons. The van der Waals surface area contributed by atoms with E-state index >= 15 is 0 Å². The largest absolute Gasteiger partial charge is 0.272 e. The second-order valence-electron chi connectivity index (χ2n) is 8.10. The lowest BCUT2D eigenvalue weighted by atomic mass is 9.79. The Balaban J connectivity index is 5.23. The Morgan fingerprint density at radius 3 is 1.47 bits per heavy atom. The van der Waals surface area contributed by atoms with Gasteiger partial charge in [0.2, 0.25) is 0 Å². The molecule has 0 heterocycles. The van der Waals surface area contributed by atoms with Crippen molar-refractivity contribution in [3.8, 4) is 0 Å². The minimum Gasteiger partial charge on any atom is -0.272 e. The van der Waals surface area contributed by atoms with Crippen LogP contribution in [0.3, 0.4) is 0 Å². The van der Waals surface area contributed by atoms with E-state index in [0.29, 0.717) is 0 Å². The standard InChI is InChI=1S/C15H29NO/c1-13(2,3)10-11(14(4,5)6)16-12(17)15(7,8)9/h10H2,1-9H3/b16-11-. The number of amides is 1. The monoisotopic (exact) mass is 239 g/mol. The first-order valence-electron chi connectivity index (χ1n) is 6.36. The highest BCUT2D eigenvalue weighted by Crippen LogP contribution is 2.29. The molecule has 0 bridgehead atoms. The smallest absolute Gasteiger partial charge is 0.250 e. The molecule has 0 unspecified atom stereocenters. The highest BCUT2D eigenvalue weighted by Gasteiger charge is 2.28. The van der Waals surface area contributed by atoms with Gasteiger partial charge in [-0.05, 0) is 11.8 Å². The zero-order chi connectivity index (χ0) is 14.1. The van der Waals surface area contributed by atoms with E-state index in [0.717, 1.165) is 12.1 Å². The topological polar surface area (TPSA) is 29.4 Å². The third-order valence-corrected chi connectivity index (χ3v) is 2.44. The molecule has 0 saturated carbocycles. The average molecular weight is 239 g/mol. The summed E-state index contributed by atoms with van der Waals surface area (Å²) in [7, 11) is 0. The maximum absolute atomic E-state index is 12.0. The van der Waals surface area contributed by atoms with Gasteiger partial charge in [0, 0.05) is 16.5 Å². The van der Waals surface area contributed by atoms with E-state index in [2.05, 4.69) is 46.5 Å². The first-order valence-corrected chi connectivity index (χ1v) is 6.36. The molecule has 2 heteroatoms. The fourth-order valence-electron chi connectivity index (χ4n) is 1.27. The molecule has 100 valence electrons. The van der Waals surface area contributed by atoms with Gasteiger partial charge < -0.3 is 0 Å². The minimum absolute atomic E-state index is 0.0216. The van der Waals surface area contributed by atoms with E-state index in [1.54, 1.807) is 0 Å². The maximum Gasteiger partial charge on any atom is 0.250 e. The van der Waals surface area contributed by atoms with Crippen molar-refractivity contribution in [2.45, 2.75) is 68.7 Å². The van der Waals surface area contributed by atoms with Gasteiger partial charge in [0.15, 0.2) is 0 Å². The third-order valence-electron chi connectivity index (χ3n) is 2.44. The fourth-order valence-corrected chi connectivity index (χ4v) is 1.27. The first-order chi connectivity index (χ1) is 7.23. The lowest BCUT2D eigenvalue weighted by molar-refractivity contribution is -0.124. The van der Waals surface area contributed by atoms with Gasteiger partial charge in [-0.2, -0.15) is 0 Å². The lowest BCUT2D eigenvalue weighted by Gasteiger charge is -2.28. The summed E-state index contributed by atoms with van der Waals surface area (Å²) in [5.74, 6) is -0.0216. The van der Waals surface area contributed by atoms with Crippen molar-refractivity contribution in [1.29, 1.82) is 0 Å². The number of nitrogens with zero attached hydrogens (tertiary/aromatic N) is 1. The minimum atomic E-state index is -0.394. The van der Waals surface area contributed by atoms with Gasteiger partial charge in [-0.15, -0.1) is 0 Å². The molecular formula is C15H29NO. The molecule has 0 aliphatic rings. The van der Waals surface area contributed by atoms with Gasteiger partial charge in [0.25, 0.3) is 5.91 Å². The molecule has 0 N–H and O–H groups in total. The predicted molar refractivity (Wildman–Crippen MR) is 75.4 cm³/mol. The van der Waals surface area contributed by atoms with Gasteiger partial charge in [-0.25, -0.2) is 4.99 Å². The van der Waals surface area contributed by atoms with Gasteiger partial charge in [-0.3, -0.25) is 4.79 Å². The Hall–Kier alpha value is -0.660. The van der Waals surface area contributed by atoms with Crippen molar-refractivity contribution < 1.29 is 4.79 Å². The molecule has 0 saturated heterocycles. The second-order valence-corrected chi connectivity index (χ2v) is 8.10. The van der Waals surface area contributed by atoms with Crippen LogP contribution in [0.15, 0.2) is 4.99 Å². The number of carbonyl (C=O) groups is 1. The van der Waals surface area contributed by atoms with E-state index in [1.807, 2.05) is 20.8 Å². The summed E-state index contributed by atoms with van der Waals surface area (Å²) in [4.78, 5) is 16.4. The van der Waals surface area contributed by atoms with Gasteiger partial charge >= 0.3 is 0 Å². The second kappa shape index (κ2) is 4.91. The molecule has 0 aromatic rings. The number of hydrogen-bond donors (Lipinski definition) is 0. The molecule has 0 aromatic carbocycles. The quantitative estimate of drug-likeness (QED) is 0.620. The van der Waals surface area contributed by atoms with Crippen molar-refractivity contribution in [2.75, 3.05) is 0 Å². The number of aliphatic imine (C=N–C) groups is 1. The molecule has 2 nitrogen and oxygen atoms in total. The van der Waals surface area contributed by atoms with Crippen molar-refractivity contribution in [3.05, 3.63) is 0 Å². The molecule has 0 rings (SSSR count). The van der Waals surface area contributed by atoms with Crippen LogP contribution in [-0.2, 0) is 4.79 Å². The van der Waals surface area contributed by atoms with Gasteiger partial charge in [0.1, 0.15) is 0 Å². The first kappa shape index (κ1) is 16.3. The van der Waals surface area contributed by atoms with Crippen molar-refractivity contribution >= 4 is 11.6 Å². The van der Waals surface area contributed by atoms with Crippen molar-refractivity contribution in [2.24, 2.45) is 21.2 Å². The Kier molecular flexibility index (Phi) is 4.72. The van der Waals surface area contributed by atoms with E-state index in [1.165, 1.54) is 0 Å². The van der Waals surface area contributed by atoms with Crippen LogP contribution in [0.5, 0.6) is 0 Å². The predicted octanol–water partition coefficient (Wildman–Crippen LogP) is 4.48. The van der Waals surface area contributed by atoms with Crippen LogP contribution in [0.1, 0.15) is 68.7 Å². The van der Waals surface area contributed by atoms with Crippen LogP contribution in [0.4, 0.5) is 0 Å². The molecule has 0 fully saturated rings. The molecule has 0 aliphatic heterocycles. The van der Waals surface area contributed by atoms with Crippen LogP contribution in [-0.4, -0.2) is 11.6 Å². The third kappa shape index (κ3) is 6.60. The van der Waals surface area contributed by atoms with E-state index in [9.17, 15) is 4.79 Å². The number of rotatable bonds is 1. The Bertz CT molecular complexity index is 305.